The van der Waals surface area contributed by atoms with Gasteiger partial charge in [-0.3, -0.25) is 9.10 Å². The number of amides is 1. The van der Waals surface area contributed by atoms with Crippen molar-refractivity contribution in [1.29, 1.82) is 0 Å². The Labute approximate surface area is 175 Å². The van der Waals surface area contributed by atoms with E-state index in [1.165, 1.54) is 12.3 Å². The number of ether oxygens (including phenoxy) is 1. The van der Waals surface area contributed by atoms with Crippen molar-refractivity contribution in [2.24, 2.45) is 5.10 Å². The van der Waals surface area contributed by atoms with Gasteiger partial charge in [0.2, 0.25) is 10.0 Å². The Morgan fingerprint density at radius 2 is 2.07 bits per heavy atom. The zero-order chi connectivity index (χ0) is 21.4. The molecule has 1 amide bonds. The molecule has 0 saturated carbocycles. The number of nitrogens with one attached hydrogen (secondary N) is 1. The van der Waals surface area contributed by atoms with Crippen LogP contribution < -0.4 is 14.5 Å². The molecule has 0 radical (unpaired) electrons. The maximum absolute atomic E-state index is 12.3. The lowest BCUT2D eigenvalue weighted by Crippen LogP contribution is -2.39. The van der Waals surface area contributed by atoms with Crippen LogP contribution in [0.5, 0.6) is 5.75 Å². The summed E-state index contributed by atoms with van der Waals surface area (Å²) < 4.78 is 30.8. The molecule has 0 aliphatic carbocycles. The van der Waals surface area contributed by atoms with E-state index in [0.29, 0.717) is 34.2 Å². The van der Waals surface area contributed by atoms with Gasteiger partial charge in [-0.1, -0.05) is 42.5 Å². The van der Waals surface area contributed by atoms with Gasteiger partial charge in [-0.2, -0.15) is 5.10 Å². The standard InChI is InChI=1S/C20H22ClN3O4S/c1-4-10-28-18-7-5-6-16(11-18)13-22-23-20(25)14-24(29(3,26)27)19-12-17(21)9-8-15(19)2/h4-9,11-13H,1,10,14H2,2-3H3,(H,23,25)/b22-13-. The predicted molar refractivity (Wildman–Crippen MR) is 116 cm³/mol. The quantitative estimate of drug-likeness (QED) is 0.372. The van der Waals surface area contributed by atoms with Crippen molar-refractivity contribution < 1.29 is 17.9 Å². The van der Waals surface area contributed by atoms with Gasteiger partial charge in [0.05, 0.1) is 18.2 Å². The number of benzene rings is 2. The van der Waals surface area contributed by atoms with E-state index < -0.39 is 22.5 Å². The fraction of sp³-hybridized carbons (Fsp3) is 0.200. The summed E-state index contributed by atoms with van der Waals surface area (Å²) in [7, 11) is -3.71. The van der Waals surface area contributed by atoms with Gasteiger partial charge in [-0.15, -0.1) is 0 Å². The first-order chi connectivity index (χ1) is 13.7. The minimum absolute atomic E-state index is 0.339. The van der Waals surface area contributed by atoms with Crippen LogP contribution in [0, 0.1) is 6.92 Å². The number of hydrogen-bond donors (Lipinski definition) is 1. The topological polar surface area (TPSA) is 88.1 Å². The third-order valence-corrected chi connectivity index (χ3v) is 5.12. The highest BCUT2D eigenvalue weighted by Gasteiger charge is 2.22. The van der Waals surface area contributed by atoms with E-state index in [-0.39, 0.29) is 0 Å². The van der Waals surface area contributed by atoms with Gasteiger partial charge in [0.15, 0.2) is 0 Å². The maximum Gasteiger partial charge on any atom is 0.260 e. The molecule has 0 fully saturated rings. The molecule has 2 aromatic rings. The summed E-state index contributed by atoms with van der Waals surface area (Å²) in [6.45, 7) is 5.27. The fourth-order valence-electron chi connectivity index (χ4n) is 2.42. The number of halogens is 1. The summed E-state index contributed by atoms with van der Waals surface area (Å²) in [6, 6.07) is 12.0. The average Bonchev–Trinajstić information content (AvgIpc) is 2.66. The molecule has 0 unspecified atom stereocenters. The number of rotatable bonds is 9. The number of hydrogen-bond acceptors (Lipinski definition) is 5. The van der Waals surface area contributed by atoms with Gasteiger partial charge < -0.3 is 4.74 Å². The van der Waals surface area contributed by atoms with Crippen LogP contribution in [0.15, 0.2) is 60.2 Å². The molecule has 29 heavy (non-hydrogen) atoms. The van der Waals surface area contributed by atoms with Crippen LogP contribution >= 0.6 is 11.6 Å². The SMILES string of the molecule is C=CCOc1cccc(/C=N\NC(=O)CN(c2cc(Cl)ccc2C)S(C)(=O)=O)c1. The van der Waals surface area contributed by atoms with E-state index in [1.54, 1.807) is 49.4 Å². The van der Waals surface area contributed by atoms with Gasteiger partial charge in [-0.25, -0.2) is 13.8 Å². The van der Waals surface area contributed by atoms with Crippen LogP contribution in [-0.2, 0) is 14.8 Å². The van der Waals surface area contributed by atoms with Crippen molar-refractivity contribution in [2.45, 2.75) is 6.92 Å². The summed E-state index contributed by atoms with van der Waals surface area (Å²) in [4.78, 5) is 12.3. The second kappa shape index (κ2) is 10.1. The summed E-state index contributed by atoms with van der Waals surface area (Å²) in [5.74, 6) is 0.0463. The molecule has 9 heteroatoms. The molecule has 0 spiro atoms. The summed E-state index contributed by atoms with van der Waals surface area (Å²) in [6.07, 6.45) is 4.10. The molecule has 0 heterocycles. The van der Waals surface area contributed by atoms with Gasteiger partial charge in [0.25, 0.3) is 5.91 Å². The normalized spacial score (nSPS) is 11.3. The van der Waals surface area contributed by atoms with Crippen molar-refractivity contribution in [1.82, 2.24) is 5.43 Å². The number of carbonyl (C=O) groups excluding carboxylic acids is 1. The van der Waals surface area contributed by atoms with Crippen molar-refractivity contribution in [3.05, 3.63) is 71.3 Å². The van der Waals surface area contributed by atoms with Crippen LogP contribution in [0.3, 0.4) is 0 Å². The Bertz CT molecular complexity index is 1020. The molecule has 7 nitrogen and oxygen atoms in total. The highest BCUT2D eigenvalue weighted by atomic mass is 35.5. The maximum atomic E-state index is 12.3. The summed E-state index contributed by atoms with van der Waals surface area (Å²) in [5, 5.41) is 4.26. The number of anilines is 1. The number of sulfonamides is 1. The third kappa shape index (κ3) is 6.92. The molecule has 1 N–H and O–H groups in total. The highest BCUT2D eigenvalue weighted by Crippen LogP contribution is 2.26. The summed E-state index contributed by atoms with van der Waals surface area (Å²) in [5.41, 5.74) is 4.05. The lowest BCUT2D eigenvalue weighted by molar-refractivity contribution is -0.119. The Kier molecular flexibility index (Phi) is 7.81. The first-order valence-electron chi connectivity index (χ1n) is 8.60. The van der Waals surface area contributed by atoms with Gasteiger partial charge in [0, 0.05) is 5.02 Å². The first kappa shape index (κ1) is 22.4. The van der Waals surface area contributed by atoms with Crippen molar-refractivity contribution in [2.75, 3.05) is 23.7 Å². The van der Waals surface area contributed by atoms with Crippen LogP contribution in [0.25, 0.3) is 0 Å². The molecule has 2 aromatic carbocycles. The molecule has 0 aliphatic rings. The molecule has 0 aliphatic heterocycles. The largest absolute Gasteiger partial charge is 0.490 e. The predicted octanol–water partition coefficient (Wildman–Crippen LogP) is 3.13. The fourth-order valence-corrected chi connectivity index (χ4v) is 3.49. The molecular weight excluding hydrogens is 414 g/mol. The molecule has 0 aromatic heterocycles. The molecule has 0 atom stereocenters. The van der Waals surface area contributed by atoms with E-state index >= 15 is 0 Å². The Balaban J connectivity index is 2.08. The zero-order valence-electron chi connectivity index (χ0n) is 16.1. The monoisotopic (exact) mass is 435 g/mol. The Morgan fingerprint density at radius 1 is 1.31 bits per heavy atom. The van der Waals surface area contributed by atoms with E-state index in [4.69, 9.17) is 16.3 Å². The van der Waals surface area contributed by atoms with Crippen LogP contribution in [-0.4, -0.2) is 39.9 Å². The van der Waals surface area contributed by atoms with Crippen molar-refractivity contribution in [3.8, 4) is 5.75 Å². The minimum Gasteiger partial charge on any atom is -0.490 e. The van der Waals surface area contributed by atoms with Gasteiger partial charge >= 0.3 is 0 Å². The van der Waals surface area contributed by atoms with Crippen molar-refractivity contribution >= 4 is 39.4 Å². The van der Waals surface area contributed by atoms with Crippen LogP contribution in [0.1, 0.15) is 11.1 Å². The first-order valence-corrected chi connectivity index (χ1v) is 10.8. The Hall–Kier alpha value is -2.84. The van der Waals surface area contributed by atoms with Gasteiger partial charge in [0.1, 0.15) is 18.9 Å². The second-order valence-electron chi connectivity index (χ2n) is 6.17. The molecular formula is C20H22ClN3O4S. The number of nitrogens with zero attached hydrogens (tertiary/aromatic N) is 2. The lowest BCUT2D eigenvalue weighted by atomic mass is 10.2. The van der Waals surface area contributed by atoms with Crippen LogP contribution in [0.2, 0.25) is 5.02 Å². The van der Waals surface area contributed by atoms with Crippen molar-refractivity contribution in [3.63, 3.8) is 0 Å². The highest BCUT2D eigenvalue weighted by molar-refractivity contribution is 7.92. The molecule has 0 bridgehead atoms. The lowest BCUT2D eigenvalue weighted by Gasteiger charge is -2.23. The molecule has 2 rings (SSSR count). The number of carbonyl (C=O) groups is 1. The second-order valence-corrected chi connectivity index (χ2v) is 8.51. The minimum atomic E-state index is -3.71. The number of hydrazone groups is 1. The van der Waals surface area contributed by atoms with E-state index in [9.17, 15) is 13.2 Å². The van der Waals surface area contributed by atoms with E-state index in [0.717, 1.165) is 10.6 Å². The van der Waals surface area contributed by atoms with E-state index in [1.807, 2.05) is 0 Å². The zero-order valence-corrected chi connectivity index (χ0v) is 17.7. The third-order valence-electron chi connectivity index (χ3n) is 3.76. The summed E-state index contributed by atoms with van der Waals surface area (Å²) >= 11 is 5.98. The Morgan fingerprint density at radius 3 is 2.76 bits per heavy atom. The molecule has 0 saturated heterocycles. The van der Waals surface area contributed by atoms with Crippen LogP contribution in [0.4, 0.5) is 5.69 Å². The smallest absolute Gasteiger partial charge is 0.260 e. The van der Waals surface area contributed by atoms with E-state index in [2.05, 4.69) is 17.1 Å². The average molecular weight is 436 g/mol. The van der Waals surface area contributed by atoms with Gasteiger partial charge in [-0.05, 0) is 42.3 Å². The number of aryl methyl sites for hydroxylation is 1. The molecule has 154 valence electrons.